The van der Waals surface area contributed by atoms with Gasteiger partial charge in [-0.05, 0) is 0 Å². The minimum absolute atomic E-state index is 0.336. The number of carboxylic acids is 1. The summed E-state index contributed by atoms with van der Waals surface area (Å²) < 4.78 is 0. The molecule has 0 aliphatic carbocycles. The van der Waals surface area contributed by atoms with Crippen molar-refractivity contribution in [3.8, 4) is 0 Å². The third-order valence-corrected chi connectivity index (χ3v) is 5.01. The van der Waals surface area contributed by atoms with E-state index in [2.05, 4.69) is 5.32 Å². The zero-order valence-electron chi connectivity index (χ0n) is 11.4. The molecule has 0 amide bonds. The van der Waals surface area contributed by atoms with Crippen LogP contribution in [0.1, 0.15) is 18.4 Å². The summed E-state index contributed by atoms with van der Waals surface area (Å²) in [5.41, 5.74) is 6.56. The van der Waals surface area contributed by atoms with E-state index < -0.39 is 18.2 Å². The van der Waals surface area contributed by atoms with Gasteiger partial charge in [-0.2, -0.15) is 0 Å². The SMILES string of the molecule is N[C@@H](CC[Se]CCC(O)NCc1ccccc1)C(=O)O. The van der Waals surface area contributed by atoms with Crippen molar-refractivity contribution in [2.45, 2.75) is 42.3 Å². The predicted molar refractivity (Wildman–Crippen MR) is 79.5 cm³/mol. The van der Waals surface area contributed by atoms with Crippen LogP contribution in [-0.4, -0.2) is 43.4 Å². The number of rotatable bonds is 10. The Morgan fingerprint density at radius 2 is 1.90 bits per heavy atom. The van der Waals surface area contributed by atoms with E-state index in [4.69, 9.17) is 10.8 Å². The van der Waals surface area contributed by atoms with Crippen molar-refractivity contribution in [2.24, 2.45) is 5.73 Å². The number of hydrogen-bond donors (Lipinski definition) is 4. The van der Waals surface area contributed by atoms with E-state index in [-0.39, 0.29) is 0 Å². The second-order valence-electron chi connectivity index (χ2n) is 4.52. The molecule has 1 rings (SSSR count). The molecule has 0 radical (unpaired) electrons. The van der Waals surface area contributed by atoms with Gasteiger partial charge in [0, 0.05) is 0 Å². The van der Waals surface area contributed by atoms with Crippen LogP contribution in [0.15, 0.2) is 30.3 Å². The van der Waals surface area contributed by atoms with Gasteiger partial charge in [-0.25, -0.2) is 0 Å². The fraction of sp³-hybridized carbons (Fsp3) is 0.500. The zero-order chi connectivity index (χ0) is 14.8. The van der Waals surface area contributed by atoms with Gasteiger partial charge in [0.1, 0.15) is 0 Å². The Kier molecular flexibility index (Phi) is 8.49. The van der Waals surface area contributed by atoms with Crippen LogP contribution in [0, 0.1) is 0 Å². The normalized spacial score (nSPS) is 13.9. The Morgan fingerprint density at radius 1 is 1.25 bits per heavy atom. The molecule has 5 nitrogen and oxygen atoms in total. The first-order chi connectivity index (χ1) is 9.59. The fourth-order valence-electron chi connectivity index (χ4n) is 1.56. The number of carbonyl (C=O) groups is 1. The molecule has 5 N–H and O–H groups in total. The molecule has 0 aromatic heterocycles. The topological polar surface area (TPSA) is 95.6 Å². The summed E-state index contributed by atoms with van der Waals surface area (Å²) in [6.07, 6.45) is 0.697. The van der Waals surface area contributed by atoms with Gasteiger partial charge in [0.2, 0.25) is 0 Å². The fourth-order valence-corrected chi connectivity index (χ4v) is 3.69. The summed E-state index contributed by atoms with van der Waals surface area (Å²) in [7, 11) is 0. The van der Waals surface area contributed by atoms with Gasteiger partial charge in [0.15, 0.2) is 0 Å². The molecule has 0 saturated carbocycles. The number of carboxylic acid groups (broad SMARTS) is 1. The van der Waals surface area contributed by atoms with Crippen LogP contribution >= 0.6 is 0 Å². The molecule has 1 unspecified atom stereocenters. The van der Waals surface area contributed by atoms with Crippen molar-refractivity contribution in [1.82, 2.24) is 5.32 Å². The quantitative estimate of drug-likeness (QED) is 0.286. The van der Waals surface area contributed by atoms with Gasteiger partial charge < -0.3 is 0 Å². The molecular weight excluding hydrogens is 323 g/mol. The molecular formula is C14H22N2O3Se. The number of benzene rings is 1. The molecule has 2 atom stereocenters. The molecule has 0 saturated heterocycles. The summed E-state index contributed by atoms with van der Waals surface area (Å²) in [5, 5.41) is 23.2. The third kappa shape index (κ3) is 7.62. The number of aliphatic hydroxyl groups excluding tert-OH is 1. The zero-order valence-corrected chi connectivity index (χ0v) is 13.1. The summed E-state index contributed by atoms with van der Waals surface area (Å²) in [5.74, 6) is -0.939. The van der Waals surface area contributed by atoms with Crippen LogP contribution in [0.5, 0.6) is 0 Å². The Balaban J connectivity index is 2.03. The van der Waals surface area contributed by atoms with Crippen molar-refractivity contribution < 1.29 is 15.0 Å². The minimum atomic E-state index is -0.939. The first kappa shape index (κ1) is 17.1. The summed E-state index contributed by atoms with van der Waals surface area (Å²) in [6.45, 7) is 0.652. The summed E-state index contributed by atoms with van der Waals surface area (Å²) in [4.78, 5) is 10.5. The van der Waals surface area contributed by atoms with Gasteiger partial charge in [-0.3, -0.25) is 0 Å². The molecule has 1 aromatic carbocycles. The number of nitrogens with two attached hydrogens (primary N) is 1. The van der Waals surface area contributed by atoms with Crippen LogP contribution in [0.2, 0.25) is 10.6 Å². The molecule has 0 spiro atoms. The van der Waals surface area contributed by atoms with Crippen molar-refractivity contribution in [1.29, 1.82) is 0 Å². The first-order valence-electron chi connectivity index (χ1n) is 6.61. The van der Waals surface area contributed by atoms with Crippen LogP contribution in [-0.2, 0) is 11.3 Å². The number of hydrogen-bond acceptors (Lipinski definition) is 4. The van der Waals surface area contributed by atoms with Gasteiger partial charge in [-0.15, -0.1) is 0 Å². The molecule has 6 heteroatoms. The molecule has 0 heterocycles. The van der Waals surface area contributed by atoms with Gasteiger partial charge in [-0.1, -0.05) is 0 Å². The van der Waals surface area contributed by atoms with Gasteiger partial charge in [0.25, 0.3) is 0 Å². The summed E-state index contributed by atoms with van der Waals surface area (Å²) >= 11 is 0.336. The van der Waals surface area contributed by atoms with E-state index in [9.17, 15) is 9.90 Å². The number of nitrogens with one attached hydrogen (secondary N) is 1. The average Bonchev–Trinajstić information content (AvgIpc) is 2.45. The Bertz CT molecular complexity index is 389. The van der Waals surface area contributed by atoms with Crippen LogP contribution in [0.3, 0.4) is 0 Å². The summed E-state index contributed by atoms with van der Waals surface area (Å²) in [6, 6.07) is 9.17. The monoisotopic (exact) mass is 346 g/mol. The molecule has 0 bridgehead atoms. The van der Waals surface area contributed by atoms with E-state index in [1.54, 1.807) is 0 Å². The van der Waals surface area contributed by atoms with E-state index >= 15 is 0 Å². The van der Waals surface area contributed by atoms with Crippen LogP contribution in [0.4, 0.5) is 0 Å². The molecule has 0 aliphatic rings. The van der Waals surface area contributed by atoms with E-state index in [0.717, 1.165) is 16.2 Å². The molecule has 0 fully saturated rings. The van der Waals surface area contributed by atoms with E-state index in [1.165, 1.54) is 0 Å². The molecule has 20 heavy (non-hydrogen) atoms. The Hall–Kier alpha value is -0.911. The standard InChI is InChI=1S/C14H22N2O3Se/c15-12(14(18)19)6-8-20-9-7-13(17)16-10-11-4-2-1-3-5-11/h1-5,12-13,16-17H,6-10,15H2,(H,18,19)/t12-,13?/m0/s1. The van der Waals surface area contributed by atoms with Gasteiger partial charge in [0.05, 0.1) is 0 Å². The maximum absolute atomic E-state index is 10.5. The molecule has 1 aromatic rings. The predicted octanol–water partition coefficient (Wildman–Crippen LogP) is 0.827. The Labute approximate surface area is 125 Å². The van der Waals surface area contributed by atoms with E-state index in [1.807, 2.05) is 30.3 Å². The second-order valence-corrected chi connectivity index (χ2v) is 7.09. The second kappa shape index (κ2) is 9.91. The number of aliphatic hydroxyl groups is 1. The van der Waals surface area contributed by atoms with Crippen molar-refractivity contribution in [3.05, 3.63) is 35.9 Å². The maximum atomic E-state index is 10.5. The third-order valence-electron chi connectivity index (χ3n) is 2.81. The first-order valence-corrected chi connectivity index (χ1v) is 9.03. The average molecular weight is 345 g/mol. The number of aliphatic carboxylic acids is 1. The van der Waals surface area contributed by atoms with Crippen LogP contribution < -0.4 is 11.1 Å². The molecule has 0 aliphatic heterocycles. The van der Waals surface area contributed by atoms with Crippen molar-refractivity contribution in [2.75, 3.05) is 0 Å². The van der Waals surface area contributed by atoms with Crippen molar-refractivity contribution in [3.63, 3.8) is 0 Å². The van der Waals surface area contributed by atoms with Gasteiger partial charge >= 0.3 is 125 Å². The van der Waals surface area contributed by atoms with Crippen LogP contribution in [0.25, 0.3) is 0 Å². The van der Waals surface area contributed by atoms with E-state index in [0.29, 0.717) is 34.3 Å². The Morgan fingerprint density at radius 3 is 2.55 bits per heavy atom. The van der Waals surface area contributed by atoms with Crippen molar-refractivity contribution >= 4 is 20.9 Å². The molecule has 112 valence electrons.